The van der Waals surface area contributed by atoms with Crippen molar-refractivity contribution in [2.75, 3.05) is 5.75 Å². The van der Waals surface area contributed by atoms with Crippen molar-refractivity contribution in [3.8, 4) is 0 Å². The molecule has 1 aliphatic rings. The van der Waals surface area contributed by atoms with Crippen molar-refractivity contribution in [2.45, 2.75) is 57.4 Å². The van der Waals surface area contributed by atoms with Gasteiger partial charge in [0.2, 0.25) is 10.0 Å². The van der Waals surface area contributed by atoms with Gasteiger partial charge in [0.1, 0.15) is 0 Å². The molecule has 0 aromatic rings. The Morgan fingerprint density at radius 2 is 1.88 bits per heavy atom. The van der Waals surface area contributed by atoms with E-state index in [0.29, 0.717) is 19.3 Å². The highest BCUT2D eigenvalue weighted by atomic mass is 32.2. The SMILES string of the molecule is CCCS(=O)(=O)NC1(CC(=O)O)CCCCC1. The summed E-state index contributed by atoms with van der Waals surface area (Å²) in [5.74, 6) is -0.875. The molecule has 100 valence electrons. The first kappa shape index (κ1) is 14.4. The van der Waals surface area contributed by atoms with Gasteiger partial charge in [-0.1, -0.05) is 26.2 Å². The van der Waals surface area contributed by atoms with Crippen LogP contribution in [0.4, 0.5) is 0 Å². The zero-order chi connectivity index (χ0) is 12.9. The van der Waals surface area contributed by atoms with E-state index in [0.717, 1.165) is 19.3 Å². The molecule has 0 aliphatic heterocycles. The third-order valence-corrected chi connectivity index (χ3v) is 4.83. The fraction of sp³-hybridized carbons (Fsp3) is 0.909. The lowest BCUT2D eigenvalue weighted by molar-refractivity contribution is -0.138. The van der Waals surface area contributed by atoms with Gasteiger partial charge >= 0.3 is 5.97 Å². The van der Waals surface area contributed by atoms with Crippen molar-refractivity contribution >= 4 is 16.0 Å². The van der Waals surface area contributed by atoms with Crippen molar-refractivity contribution < 1.29 is 18.3 Å². The molecule has 5 nitrogen and oxygen atoms in total. The summed E-state index contributed by atoms with van der Waals surface area (Å²) in [6.07, 6.45) is 4.51. The lowest BCUT2D eigenvalue weighted by Gasteiger charge is -2.36. The number of aliphatic carboxylic acids is 1. The third kappa shape index (κ3) is 4.63. The van der Waals surface area contributed by atoms with Crippen LogP contribution in [0.25, 0.3) is 0 Å². The Kier molecular flexibility index (Phi) is 4.94. The molecule has 1 fully saturated rings. The van der Waals surface area contributed by atoms with E-state index in [-0.39, 0.29) is 12.2 Å². The Bertz CT molecular complexity index is 358. The molecule has 0 unspecified atom stereocenters. The van der Waals surface area contributed by atoms with E-state index in [1.54, 1.807) is 6.92 Å². The summed E-state index contributed by atoms with van der Waals surface area (Å²) >= 11 is 0. The van der Waals surface area contributed by atoms with Crippen molar-refractivity contribution in [3.05, 3.63) is 0 Å². The number of hydrogen-bond acceptors (Lipinski definition) is 3. The van der Waals surface area contributed by atoms with Crippen molar-refractivity contribution in [1.82, 2.24) is 4.72 Å². The van der Waals surface area contributed by atoms with Crippen LogP contribution in [0.15, 0.2) is 0 Å². The van der Waals surface area contributed by atoms with Gasteiger partial charge in [0, 0.05) is 5.54 Å². The van der Waals surface area contributed by atoms with Gasteiger partial charge in [-0.25, -0.2) is 13.1 Å². The van der Waals surface area contributed by atoms with E-state index in [2.05, 4.69) is 4.72 Å². The average Bonchev–Trinajstić information content (AvgIpc) is 2.15. The van der Waals surface area contributed by atoms with Crippen molar-refractivity contribution in [2.24, 2.45) is 0 Å². The minimum absolute atomic E-state index is 0.0639. The Labute approximate surface area is 103 Å². The molecule has 0 heterocycles. The van der Waals surface area contributed by atoms with E-state index in [9.17, 15) is 13.2 Å². The van der Waals surface area contributed by atoms with E-state index in [4.69, 9.17) is 5.11 Å². The second-order valence-corrected chi connectivity index (χ2v) is 6.67. The van der Waals surface area contributed by atoms with Crippen LogP contribution < -0.4 is 4.72 Å². The number of sulfonamides is 1. The molecule has 0 aromatic heterocycles. The number of carbonyl (C=O) groups is 1. The van der Waals surface area contributed by atoms with Crippen LogP contribution in [0.2, 0.25) is 0 Å². The summed E-state index contributed by atoms with van der Waals surface area (Å²) in [7, 11) is -3.35. The third-order valence-electron chi connectivity index (χ3n) is 3.15. The van der Waals surface area contributed by atoms with Crippen LogP contribution >= 0.6 is 0 Å². The first-order chi connectivity index (χ1) is 7.89. The summed E-state index contributed by atoms with van der Waals surface area (Å²) in [4.78, 5) is 10.9. The molecule has 0 saturated heterocycles. The van der Waals surface area contributed by atoms with Gasteiger partial charge in [-0.2, -0.15) is 0 Å². The second-order valence-electron chi connectivity index (χ2n) is 4.83. The predicted molar refractivity (Wildman–Crippen MR) is 65.3 cm³/mol. The quantitative estimate of drug-likeness (QED) is 0.760. The highest BCUT2D eigenvalue weighted by Gasteiger charge is 2.37. The van der Waals surface area contributed by atoms with Gasteiger partial charge in [-0.15, -0.1) is 0 Å². The molecule has 1 aliphatic carbocycles. The highest BCUT2D eigenvalue weighted by Crippen LogP contribution is 2.31. The van der Waals surface area contributed by atoms with Gasteiger partial charge in [-0.05, 0) is 19.3 Å². The fourth-order valence-electron chi connectivity index (χ4n) is 2.48. The summed E-state index contributed by atoms with van der Waals surface area (Å²) in [6, 6.07) is 0. The standard InChI is InChI=1S/C11H21NO4S/c1-2-8-17(15,16)12-11(9-10(13)14)6-4-3-5-7-11/h12H,2-9H2,1H3,(H,13,14). The second kappa shape index (κ2) is 5.82. The molecule has 0 aromatic carbocycles. The largest absolute Gasteiger partial charge is 0.481 e. The van der Waals surface area contributed by atoms with Crippen LogP contribution in [-0.4, -0.2) is 30.8 Å². The molecule has 0 amide bonds. The van der Waals surface area contributed by atoms with Crippen LogP contribution in [0.3, 0.4) is 0 Å². The minimum atomic E-state index is -3.35. The Hall–Kier alpha value is -0.620. The molecule has 0 spiro atoms. The summed E-state index contributed by atoms with van der Waals surface area (Å²) in [5.41, 5.74) is -0.752. The number of carboxylic acids is 1. The zero-order valence-electron chi connectivity index (χ0n) is 10.2. The molecule has 2 N–H and O–H groups in total. The van der Waals surface area contributed by atoms with E-state index < -0.39 is 21.5 Å². The van der Waals surface area contributed by atoms with E-state index in [1.807, 2.05) is 0 Å². The smallest absolute Gasteiger partial charge is 0.305 e. The fourth-order valence-corrected chi connectivity index (χ4v) is 4.06. The van der Waals surface area contributed by atoms with E-state index in [1.165, 1.54) is 0 Å². The summed E-state index contributed by atoms with van der Waals surface area (Å²) < 4.78 is 26.2. The molecule has 17 heavy (non-hydrogen) atoms. The Balaban J connectivity index is 2.79. The minimum Gasteiger partial charge on any atom is -0.481 e. The van der Waals surface area contributed by atoms with Gasteiger partial charge in [-0.3, -0.25) is 4.79 Å². The maximum atomic E-state index is 11.8. The maximum absolute atomic E-state index is 11.8. The first-order valence-corrected chi connectivity index (χ1v) is 7.78. The summed E-state index contributed by atoms with van der Waals surface area (Å²) in [6.45, 7) is 1.80. The molecular formula is C11H21NO4S. The maximum Gasteiger partial charge on any atom is 0.305 e. The Morgan fingerprint density at radius 3 is 2.35 bits per heavy atom. The monoisotopic (exact) mass is 263 g/mol. The molecule has 0 bridgehead atoms. The number of hydrogen-bond donors (Lipinski definition) is 2. The van der Waals surface area contributed by atoms with Gasteiger partial charge in [0.25, 0.3) is 0 Å². The number of carboxylic acid groups (broad SMARTS) is 1. The zero-order valence-corrected chi connectivity index (χ0v) is 11.1. The highest BCUT2D eigenvalue weighted by molar-refractivity contribution is 7.89. The molecule has 6 heteroatoms. The van der Waals surface area contributed by atoms with E-state index >= 15 is 0 Å². The molecular weight excluding hydrogens is 242 g/mol. The Morgan fingerprint density at radius 1 is 1.29 bits per heavy atom. The lowest BCUT2D eigenvalue weighted by Crippen LogP contribution is -2.51. The number of rotatable bonds is 6. The average molecular weight is 263 g/mol. The summed E-state index contributed by atoms with van der Waals surface area (Å²) in [5, 5.41) is 8.92. The van der Waals surface area contributed by atoms with Crippen LogP contribution in [0.1, 0.15) is 51.9 Å². The molecule has 0 atom stereocenters. The van der Waals surface area contributed by atoms with Crippen LogP contribution in [0.5, 0.6) is 0 Å². The predicted octanol–water partition coefficient (Wildman–Crippen LogP) is 1.49. The van der Waals surface area contributed by atoms with Crippen molar-refractivity contribution in [1.29, 1.82) is 0 Å². The van der Waals surface area contributed by atoms with Gasteiger partial charge in [0.15, 0.2) is 0 Å². The van der Waals surface area contributed by atoms with Crippen LogP contribution in [0, 0.1) is 0 Å². The topological polar surface area (TPSA) is 83.5 Å². The normalized spacial score (nSPS) is 20.1. The number of nitrogens with one attached hydrogen (secondary N) is 1. The van der Waals surface area contributed by atoms with Gasteiger partial charge < -0.3 is 5.11 Å². The molecule has 1 rings (SSSR count). The lowest BCUT2D eigenvalue weighted by atomic mass is 9.80. The first-order valence-electron chi connectivity index (χ1n) is 6.13. The molecule has 1 saturated carbocycles. The van der Waals surface area contributed by atoms with Crippen LogP contribution in [-0.2, 0) is 14.8 Å². The van der Waals surface area contributed by atoms with Gasteiger partial charge in [0.05, 0.1) is 12.2 Å². The molecule has 0 radical (unpaired) electrons. The van der Waals surface area contributed by atoms with Crippen molar-refractivity contribution in [3.63, 3.8) is 0 Å².